The Morgan fingerprint density at radius 2 is 1.84 bits per heavy atom. The maximum absolute atomic E-state index is 12.2. The maximum Gasteiger partial charge on any atom is 0.326 e. The third-order valence-corrected chi connectivity index (χ3v) is 4.28. The van der Waals surface area contributed by atoms with Gasteiger partial charge in [-0.15, -0.1) is 0 Å². The van der Waals surface area contributed by atoms with Crippen molar-refractivity contribution in [1.82, 2.24) is 15.5 Å². The zero-order valence-corrected chi connectivity index (χ0v) is 15.9. The molecule has 1 heterocycles. The van der Waals surface area contributed by atoms with Crippen molar-refractivity contribution in [2.24, 2.45) is 17.8 Å². The Hall–Kier alpha value is -1.79. The fourth-order valence-corrected chi connectivity index (χ4v) is 3.03. The fourth-order valence-electron chi connectivity index (χ4n) is 3.03. The minimum atomic E-state index is -1.000. The van der Waals surface area contributed by atoms with E-state index in [1.54, 1.807) is 4.90 Å². The van der Waals surface area contributed by atoms with Crippen LogP contribution in [0, 0.1) is 17.8 Å². The summed E-state index contributed by atoms with van der Waals surface area (Å²) < 4.78 is 0. The molecule has 0 aromatic heterocycles. The van der Waals surface area contributed by atoms with E-state index in [2.05, 4.69) is 10.6 Å². The minimum Gasteiger partial charge on any atom is -0.480 e. The number of urea groups is 1. The van der Waals surface area contributed by atoms with Crippen molar-refractivity contribution in [3.63, 3.8) is 0 Å². The Balaban J connectivity index is 2.48. The lowest BCUT2D eigenvalue weighted by Gasteiger charge is -2.33. The molecule has 7 nitrogen and oxygen atoms in total. The van der Waals surface area contributed by atoms with Crippen LogP contribution in [0.2, 0.25) is 0 Å². The first-order valence-electron chi connectivity index (χ1n) is 9.24. The Kier molecular flexibility index (Phi) is 8.72. The van der Waals surface area contributed by atoms with Crippen LogP contribution >= 0.6 is 0 Å². The van der Waals surface area contributed by atoms with Gasteiger partial charge in [0, 0.05) is 26.1 Å². The number of piperidine rings is 1. The van der Waals surface area contributed by atoms with Crippen LogP contribution in [0.25, 0.3) is 0 Å². The third kappa shape index (κ3) is 8.23. The number of hydrogen-bond acceptors (Lipinski definition) is 3. The average molecular weight is 355 g/mol. The van der Waals surface area contributed by atoms with Crippen molar-refractivity contribution in [1.29, 1.82) is 0 Å². The normalized spacial score (nSPS) is 19.0. The molecular weight excluding hydrogens is 322 g/mol. The van der Waals surface area contributed by atoms with Crippen LogP contribution in [0.1, 0.15) is 53.4 Å². The Labute approximate surface area is 150 Å². The van der Waals surface area contributed by atoms with Crippen LogP contribution in [-0.2, 0) is 9.59 Å². The second-order valence-corrected chi connectivity index (χ2v) is 7.83. The molecule has 0 aromatic rings. The first-order chi connectivity index (χ1) is 11.7. The second kappa shape index (κ2) is 10.3. The molecule has 1 aliphatic heterocycles. The van der Waals surface area contributed by atoms with Crippen molar-refractivity contribution < 1.29 is 19.5 Å². The van der Waals surface area contributed by atoms with E-state index in [0.717, 1.165) is 12.8 Å². The highest BCUT2D eigenvalue weighted by atomic mass is 16.4. The van der Waals surface area contributed by atoms with Gasteiger partial charge in [-0.05, 0) is 37.0 Å². The molecule has 0 saturated carbocycles. The Bertz CT molecular complexity index is 465. The van der Waals surface area contributed by atoms with Gasteiger partial charge in [-0.25, -0.2) is 9.59 Å². The molecule has 3 N–H and O–H groups in total. The van der Waals surface area contributed by atoms with Gasteiger partial charge in [0.15, 0.2) is 0 Å². The van der Waals surface area contributed by atoms with Crippen LogP contribution in [0.3, 0.4) is 0 Å². The average Bonchev–Trinajstić information content (AvgIpc) is 2.51. The largest absolute Gasteiger partial charge is 0.480 e. The van der Waals surface area contributed by atoms with Crippen molar-refractivity contribution >= 4 is 17.9 Å². The molecule has 2 atom stereocenters. The van der Waals surface area contributed by atoms with Crippen LogP contribution in [0.5, 0.6) is 0 Å². The summed E-state index contributed by atoms with van der Waals surface area (Å²) in [6.07, 6.45) is 2.41. The summed E-state index contributed by atoms with van der Waals surface area (Å²) in [7, 11) is 0. The molecule has 3 amide bonds. The van der Waals surface area contributed by atoms with Crippen LogP contribution in [0.15, 0.2) is 0 Å². The molecule has 0 radical (unpaired) electrons. The van der Waals surface area contributed by atoms with Gasteiger partial charge in [0.25, 0.3) is 0 Å². The van der Waals surface area contributed by atoms with E-state index in [-0.39, 0.29) is 30.2 Å². The molecule has 1 fully saturated rings. The third-order valence-electron chi connectivity index (χ3n) is 4.28. The number of nitrogens with zero attached hydrogens (tertiary/aromatic N) is 1. The first-order valence-corrected chi connectivity index (χ1v) is 9.24. The molecule has 0 bridgehead atoms. The van der Waals surface area contributed by atoms with Gasteiger partial charge in [0.05, 0.1) is 0 Å². The summed E-state index contributed by atoms with van der Waals surface area (Å²) in [5.74, 6) is -0.588. The van der Waals surface area contributed by atoms with Crippen LogP contribution in [0.4, 0.5) is 4.79 Å². The monoisotopic (exact) mass is 355 g/mol. The number of likely N-dealkylation sites (tertiary alicyclic amines) is 1. The van der Waals surface area contributed by atoms with Gasteiger partial charge in [-0.2, -0.15) is 0 Å². The topological polar surface area (TPSA) is 98.7 Å². The summed E-state index contributed by atoms with van der Waals surface area (Å²) in [6, 6.07) is -0.927. The molecule has 144 valence electrons. The molecule has 0 aromatic carbocycles. The zero-order valence-electron chi connectivity index (χ0n) is 15.9. The molecule has 0 spiro atoms. The van der Waals surface area contributed by atoms with E-state index < -0.39 is 12.0 Å². The van der Waals surface area contributed by atoms with E-state index in [1.165, 1.54) is 0 Å². The molecule has 0 aliphatic carbocycles. The SMILES string of the molecule is CC(C)CNC(=O)N1CCCC(CC(=O)NC(CC(C)C)C(=O)O)C1. The molecule has 7 heteroatoms. The summed E-state index contributed by atoms with van der Waals surface area (Å²) in [5, 5.41) is 14.7. The Morgan fingerprint density at radius 3 is 2.40 bits per heavy atom. The van der Waals surface area contributed by atoms with Crippen LogP contribution < -0.4 is 10.6 Å². The number of carbonyl (C=O) groups is 3. The highest BCUT2D eigenvalue weighted by molar-refractivity contribution is 5.83. The summed E-state index contributed by atoms with van der Waals surface area (Å²) in [4.78, 5) is 37.4. The van der Waals surface area contributed by atoms with Gasteiger partial charge >= 0.3 is 12.0 Å². The van der Waals surface area contributed by atoms with Gasteiger partial charge in [-0.3, -0.25) is 4.79 Å². The number of aliphatic carboxylic acids is 1. The highest BCUT2D eigenvalue weighted by Crippen LogP contribution is 2.20. The fraction of sp³-hybridized carbons (Fsp3) is 0.833. The van der Waals surface area contributed by atoms with Crippen molar-refractivity contribution in [3.05, 3.63) is 0 Å². The molecule has 1 saturated heterocycles. The van der Waals surface area contributed by atoms with Crippen molar-refractivity contribution in [2.75, 3.05) is 19.6 Å². The van der Waals surface area contributed by atoms with Gasteiger partial charge < -0.3 is 20.6 Å². The Morgan fingerprint density at radius 1 is 1.16 bits per heavy atom. The number of amides is 3. The lowest BCUT2D eigenvalue weighted by Crippen LogP contribution is -2.48. The number of nitrogens with one attached hydrogen (secondary N) is 2. The maximum atomic E-state index is 12.2. The lowest BCUT2D eigenvalue weighted by molar-refractivity contribution is -0.142. The quantitative estimate of drug-likeness (QED) is 0.621. The van der Waals surface area contributed by atoms with Crippen molar-refractivity contribution in [3.8, 4) is 0 Å². The summed E-state index contributed by atoms with van der Waals surface area (Å²) in [5.41, 5.74) is 0. The molecule has 2 unspecified atom stereocenters. The second-order valence-electron chi connectivity index (χ2n) is 7.83. The van der Waals surface area contributed by atoms with Crippen LogP contribution in [-0.4, -0.2) is 53.6 Å². The van der Waals surface area contributed by atoms with E-state index in [9.17, 15) is 19.5 Å². The van der Waals surface area contributed by atoms with Gasteiger partial charge in [0.2, 0.25) is 5.91 Å². The predicted octanol–water partition coefficient (Wildman–Crippen LogP) is 2.07. The number of carbonyl (C=O) groups excluding carboxylic acids is 2. The number of carboxylic acids is 1. The minimum absolute atomic E-state index is 0.0760. The first kappa shape index (κ1) is 21.3. The highest BCUT2D eigenvalue weighted by Gasteiger charge is 2.27. The predicted molar refractivity (Wildman–Crippen MR) is 96.2 cm³/mol. The standard InChI is InChI=1S/C18H33N3O4/c1-12(2)8-15(17(23)24)20-16(22)9-14-6-5-7-21(11-14)18(25)19-10-13(3)4/h12-15H,5-11H2,1-4H3,(H,19,25)(H,20,22)(H,23,24). The van der Waals surface area contributed by atoms with E-state index in [1.807, 2.05) is 27.7 Å². The number of carboxylic acid groups (broad SMARTS) is 1. The lowest BCUT2D eigenvalue weighted by atomic mass is 9.94. The number of rotatable bonds is 8. The molecule has 1 rings (SSSR count). The molecular formula is C18H33N3O4. The summed E-state index contributed by atoms with van der Waals surface area (Å²) in [6.45, 7) is 9.81. The van der Waals surface area contributed by atoms with Gasteiger partial charge in [-0.1, -0.05) is 27.7 Å². The summed E-state index contributed by atoms with van der Waals surface area (Å²) >= 11 is 0. The van der Waals surface area contributed by atoms with E-state index in [0.29, 0.717) is 32.0 Å². The zero-order chi connectivity index (χ0) is 19.0. The van der Waals surface area contributed by atoms with E-state index >= 15 is 0 Å². The molecule has 1 aliphatic rings. The van der Waals surface area contributed by atoms with Gasteiger partial charge in [0.1, 0.15) is 6.04 Å². The molecule has 25 heavy (non-hydrogen) atoms. The van der Waals surface area contributed by atoms with Crippen molar-refractivity contribution in [2.45, 2.75) is 59.4 Å². The van der Waals surface area contributed by atoms with E-state index in [4.69, 9.17) is 0 Å². The number of hydrogen-bond donors (Lipinski definition) is 3. The smallest absolute Gasteiger partial charge is 0.326 e.